The molecule has 124 valence electrons. The van der Waals surface area contributed by atoms with Crippen LogP contribution in [0.3, 0.4) is 0 Å². The van der Waals surface area contributed by atoms with Crippen molar-refractivity contribution in [2.45, 2.75) is 50.4 Å². The van der Waals surface area contributed by atoms with E-state index in [9.17, 15) is 4.79 Å². The van der Waals surface area contributed by atoms with Crippen LogP contribution < -0.4 is 11.2 Å². The van der Waals surface area contributed by atoms with Crippen molar-refractivity contribution in [3.63, 3.8) is 0 Å². The molecule has 0 fully saturated rings. The highest BCUT2D eigenvalue weighted by Crippen LogP contribution is 2.24. The number of rotatable bonds is 6. The van der Waals surface area contributed by atoms with Crippen molar-refractivity contribution in [2.24, 2.45) is 0 Å². The molecule has 2 rings (SSSR count). The summed E-state index contributed by atoms with van der Waals surface area (Å²) >= 11 is 1.30. The number of nitrogens with two attached hydrogens (primary N) is 1. The third kappa shape index (κ3) is 4.25. The predicted molar refractivity (Wildman–Crippen MR) is 94.0 cm³/mol. The molecule has 0 radical (unpaired) electrons. The molecule has 1 amide bonds. The van der Waals surface area contributed by atoms with E-state index >= 15 is 0 Å². The number of amides is 1. The van der Waals surface area contributed by atoms with Gasteiger partial charge < -0.3 is 11.2 Å². The first kappa shape index (κ1) is 17.3. The van der Waals surface area contributed by atoms with E-state index in [-0.39, 0.29) is 17.1 Å². The number of nitrogens with one attached hydrogen (secondary N) is 1. The Kier molecular flexibility index (Phi) is 5.65. The molecule has 0 aliphatic heterocycles. The lowest BCUT2D eigenvalue weighted by Crippen LogP contribution is -2.24. The highest BCUT2D eigenvalue weighted by molar-refractivity contribution is 8.00. The van der Waals surface area contributed by atoms with Gasteiger partial charge in [0, 0.05) is 11.6 Å². The van der Waals surface area contributed by atoms with Gasteiger partial charge in [0.15, 0.2) is 5.82 Å². The minimum Gasteiger partial charge on any atom is -0.336 e. The Morgan fingerprint density at radius 3 is 2.43 bits per heavy atom. The highest BCUT2D eigenvalue weighted by Gasteiger charge is 2.20. The number of aryl methyl sites for hydroxylation is 1. The van der Waals surface area contributed by atoms with Gasteiger partial charge in [0.25, 0.3) is 0 Å². The van der Waals surface area contributed by atoms with E-state index in [1.165, 1.54) is 22.0 Å². The Hall–Kier alpha value is -2.02. The van der Waals surface area contributed by atoms with Crippen molar-refractivity contribution in [3.05, 3.63) is 35.7 Å². The zero-order valence-corrected chi connectivity index (χ0v) is 14.7. The highest BCUT2D eigenvalue weighted by atomic mass is 32.2. The van der Waals surface area contributed by atoms with Crippen LogP contribution in [0, 0.1) is 0 Å². The number of nitrogen functional groups attached to an aromatic ring is 1. The molecule has 0 aliphatic rings. The summed E-state index contributed by atoms with van der Waals surface area (Å²) in [5, 5.41) is 11.2. The summed E-state index contributed by atoms with van der Waals surface area (Å²) in [7, 11) is 0. The molecule has 6 nitrogen and oxygen atoms in total. The molecule has 1 aromatic heterocycles. The smallest absolute Gasteiger partial charge is 0.237 e. The standard InChI is InChI=1S/C16H23N5OS/c1-5-12-6-8-13(9-7-12)18-15(22)11(4)23-16-20-19-14(10(2)3)21(16)17/h6-11H,5,17H2,1-4H3,(H,18,22)/t11-/m0/s1. The molecule has 0 unspecified atom stereocenters. The number of thioether (sulfide) groups is 1. The number of hydrogen-bond acceptors (Lipinski definition) is 5. The van der Waals surface area contributed by atoms with Crippen molar-refractivity contribution >= 4 is 23.4 Å². The summed E-state index contributed by atoms with van der Waals surface area (Å²) in [5.41, 5.74) is 2.03. The Morgan fingerprint density at radius 2 is 1.91 bits per heavy atom. The molecule has 1 aromatic carbocycles. The zero-order valence-electron chi connectivity index (χ0n) is 13.9. The van der Waals surface area contributed by atoms with Gasteiger partial charge in [-0.1, -0.05) is 44.7 Å². The maximum absolute atomic E-state index is 12.3. The molecule has 1 atom stereocenters. The second kappa shape index (κ2) is 7.50. The maximum atomic E-state index is 12.3. The van der Waals surface area contributed by atoms with Gasteiger partial charge in [0.2, 0.25) is 11.1 Å². The molecular weight excluding hydrogens is 310 g/mol. The summed E-state index contributed by atoms with van der Waals surface area (Å²) in [6.07, 6.45) is 0.977. The summed E-state index contributed by atoms with van der Waals surface area (Å²) in [6.45, 7) is 7.92. The number of anilines is 1. The van der Waals surface area contributed by atoms with Crippen LogP contribution >= 0.6 is 11.8 Å². The van der Waals surface area contributed by atoms with Crippen molar-refractivity contribution in [3.8, 4) is 0 Å². The quantitative estimate of drug-likeness (QED) is 0.627. The van der Waals surface area contributed by atoms with Crippen LogP contribution in [-0.4, -0.2) is 26.0 Å². The Morgan fingerprint density at radius 1 is 1.26 bits per heavy atom. The van der Waals surface area contributed by atoms with Crippen LogP contribution in [0.15, 0.2) is 29.4 Å². The van der Waals surface area contributed by atoms with Gasteiger partial charge in [-0.2, -0.15) is 0 Å². The summed E-state index contributed by atoms with van der Waals surface area (Å²) in [5.74, 6) is 6.77. The zero-order chi connectivity index (χ0) is 17.0. The first-order valence-electron chi connectivity index (χ1n) is 7.69. The molecule has 0 spiro atoms. The van der Waals surface area contributed by atoms with E-state index in [4.69, 9.17) is 5.84 Å². The van der Waals surface area contributed by atoms with Gasteiger partial charge in [-0.15, -0.1) is 10.2 Å². The van der Waals surface area contributed by atoms with E-state index < -0.39 is 0 Å². The SMILES string of the molecule is CCc1ccc(NC(=O)[C@H](C)Sc2nnc(C(C)C)n2N)cc1. The number of nitrogens with zero attached hydrogens (tertiary/aromatic N) is 3. The largest absolute Gasteiger partial charge is 0.336 e. The van der Waals surface area contributed by atoms with Crippen molar-refractivity contribution < 1.29 is 4.79 Å². The number of aromatic nitrogens is 3. The van der Waals surface area contributed by atoms with Crippen molar-refractivity contribution in [1.82, 2.24) is 14.9 Å². The fourth-order valence-electron chi connectivity index (χ4n) is 2.04. The molecule has 0 saturated carbocycles. The maximum Gasteiger partial charge on any atom is 0.237 e. The van der Waals surface area contributed by atoms with Gasteiger partial charge in [0.05, 0.1) is 5.25 Å². The minimum atomic E-state index is -0.327. The van der Waals surface area contributed by atoms with E-state index in [2.05, 4.69) is 22.4 Å². The van der Waals surface area contributed by atoms with Crippen LogP contribution in [0.2, 0.25) is 0 Å². The normalized spacial score (nSPS) is 12.4. The first-order chi connectivity index (χ1) is 10.9. The fraction of sp³-hybridized carbons (Fsp3) is 0.438. The predicted octanol–water partition coefficient (Wildman–Crippen LogP) is 2.80. The molecule has 7 heteroatoms. The molecule has 1 heterocycles. The van der Waals surface area contributed by atoms with E-state index in [0.717, 1.165) is 12.1 Å². The van der Waals surface area contributed by atoms with Crippen LogP contribution in [0.25, 0.3) is 0 Å². The van der Waals surface area contributed by atoms with E-state index in [1.807, 2.05) is 45.0 Å². The van der Waals surface area contributed by atoms with Crippen molar-refractivity contribution in [2.75, 3.05) is 11.2 Å². The first-order valence-corrected chi connectivity index (χ1v) is 8.57. The Labute approximate surface area is 140 Å². The van der Waals surface area contributed by atoms with Gasteiger partial charge in [0.1, 0.15) is 0 Å². The third-order valence-corrected chi connectivity index (χ3v) is 4.55. The van der Waals surface area contributed by atoms with Gasteiger partial charge in [-0.3, -0.25) is 4.79 Å². The van der Waals surface area contributed by atoms with Crippen LogP contribution in [0.4, 0.5) is 5.69 Å². The molecular formula is C16H23N5OS. The second-order valence-electron chi connectivity index (χ2n) is 5.67. The second-order valence-corrected chi connectivity index (χ2v) is 6.97. The number of benzene rings is 1. The number of carbonyl (C=O) groups excluding carboxylic acids is 1. The monoisotopic (exact) mass is 333 g/mol. The lowest BCUT2D eigenvalue weighted by molar-refractivity contribution is -0.115. The molecule has 0 bridgehead atoms. The molecule has 0 aliphatic carbocycles. The van der Waals surface area contributed by atoms with Gasteiger partial charge >= 0.3 is 0 Å². The van der Waals surface area contributed by atoms with Crippen LogP contribution in [-0.2, 0) is 11.2 Å². The van der Waals surface area contributed by atoms with Crippen molar-refractivity contribution in [1.29, 1.82) is 0 Å². The number of hydrogen-bond donors (Lipinski definition) is 2. The third-order valence-electron chi connectivity index (χ3n) is 3.49. The summed E-state index contributed by atoms with van der Waals surface area (Å²) in [6, 6.07) is 7.85. The Bertz CT molecular complexity index is 666. The fourth-order valence-corrected chi connectivity index (χ4v) is 2.82. The van der Waals surface area contributed by atoms with E-state index in [1.54, 1.807) is 0 Å². The minimum absolute atomic E-state index is 0.0895. The lowest BCUT2D eigenvalue weighted by Gasteiger charge is -2.12. The van der Waals surface area contributed by atoms with Crippen LogP contribution in [0.5, 0.6) is 0 Å². The number of carbonyl (C=O) groups is 1. The summed E-state index contributed by atoms with van der Waals surface area (Å²) < 4.78 is 1.45. The molecule has 3 N–H and O–H groups in total. The van der Waals surface area contributed by atoms with Gasteiger partial charge in [-0.25, -0.2) is 4.68 Å². The topological polar surface area (TPSA) is 85.8 Å². The molecule has 0 saturated heterocycles. The van der Waals surface area contributed by atoms with E-state index in [0.29, 0.717) is 11.0 Å². The molecule has 2 aromatic rings. The Balaban J connectivity index is 1.99. The van der Waals surface area contributed by atoms with Crippen LogP contribution in [0.1, 0.15) is 45.0 Å². The molecule has 23 heavy (non-hydrogen) atoms. The average molecular weight is 333 g/mol. The summed E-state index contributed by atoms with van der Waals surface area (Å²) in [4.78, 5) is 12.3. The average Bonchev–Trinajstić information content (AvgIpc) is 2.89. The van der Waals surface area contributed by atoms with Gasteiger partial charge in [-0.05, 0) is 31.0 Å². The lowest BCUT2D eigenvalue weighted by atomic mass is 10.1.